The van der Waals surface area contributed by atoms with Gasteiger partial charge in [0.1, 0.15) is 0 Å². The van der Waals surface area contributed by atoms with Crippen molar-refractivity contribution in [2.75, 3.05) is 7.11 Å². The highest BCUT2D eigenvalue weighted by Gasteiger charge is 2.65. The van der Waals surface area contributed by atoms with Gasteiger partial charge in [0.05, 0.1) is 18.3 Å². The fourth-order valence-corrected chi connectivity index (χ4v) is 8.90. The van der Waals surface area contributed by atoms with Gasteiger partial charge in [0.15, 0.2) is 6.29 Å². The van der Waals surface area contributed by atoms with Gasteiger partial charge in [-0.1, -0.05) is 20.8 Å². The van der Waals surface area contributed by atoms with Gasteiger partial charge in [0, 0.05) is 7.11 Å². The molecule has 0 spiro atoms. The SMILES string of the molecule is COC(O)CCC(C)C1CC(O)C2C3C(O)CC4CC(O)CCC4(C)C3CCC12C. The minimum Gasteiger partial charge on any atom is -0.393 e. The van der Waals surface area contributed by atoms with Crippen LogP contribution in [0, 0.1) is 46.3 Å². The molecule has 5 heteroatoms. The molecule has 5 nitrogen and oxygen atoms in total. The van der Waals surface area contributed by atoms with E-state index in [2.05, 4.69) is 20.8 Å². The normalized spacial score (nSPS) is 52.8. The van der Waals surface area contributed by atoms with Gasteiger partial charge in [0.2, 0.25) is 0 Å². The van der Waals surface area contributed by atoms with Gasteiger partial charge in [-0.25, -0.2) is 0 Å². The molecule has 0 saturated heterocycles. The highest BCUT2D eigenvalue weighted by atomic mass is 16.6. The first-order valence-corrected chi connectivity index (χ1v) is 12.4. The number of methoxy groups -OCH3 is 1. The Morgan fingerprint density at radius 2 is 1.63 bits per heavy atom. The largest absolute Gasteiger partial charge is 0.393 e. The van der Waals surface area contributed by atoms with E-state index >= 15 is 0 Å². The Labute approximate surface area is 182 Å². The topological polar surface area (TPSA) is 90.2 Å². The average molecular weight is 425 g/mol. The molecule has 4 aliphatic rings. The number of rotatable bonds is 5. The number of fused-ring (bicyclic) bond motifs is 5. The highest BCUT2D eigenvalue weighted by Crippen LogP contribution is 2.68. The lowest BCUT2D eigenvalue weighted by molar-refractivity contribution is -0.185. The Morgan fingerprint density at radius 1 is 0.933 bits per heavy atom. The molecule has 4 saturated carbocycles. The van der Waals surface area contributed by atoms with Gasteiger partial charge >= 0.3 is 0 Å². The Balaban J connectivity index is 1.56. The second kappa shape index (κ2) is 8.30. The molecule has 30 heavy (non-hydrogen) atoms. The van der Waals surface area contributed by atoms with E-state index < -0.39 is 6.29 Å². The van der Waals surface area contributed by atoms with Crippen molar-refractivity contribution in [3.8, 4) is 0 Å². The van der Waals surface area contributed by atoms with Crippen LogP contribution in [0.2, 0.25) is 0 Å². The summed E-state index contributed by atoms with van der Waals surface area (Å²) in [5.74, 6) is 1.97. The maximum Gasteiger partial charge on any atom is 0.154 e. The van der Waals surface area contributed by atoms with E-state index in [1.54, 1.807) is 0 Å². The molecule has 0 aliphatic heterocycles. The molecular weight excluding hydrogens is 380 g/mol. The van der Waals surface area contributed by atoms with E-state index in [4.69, 9.17) is 4.74 Å². The Bertz CT molecular complexity index is 612. The Kier molecular flexibility index (Phi) is 6.35. The van der Waals surface area contributed by atoms with Crippen LogP contribution in [0.25, 0.3) is 0 Å². The number of hydrogen-bond donors (Lipinski definition) is 4. The van der Waals surface area contributed by atoms with Gasteiger partial charge in [-0.05, 0) is 104 Å². The smallest absolute Gasteiger partial charge is 0.154 e. The summed E-state index contributed by atoms with van der Waals surface area (Å²) in [6.07, 6.45) is 6.40. The van der Waals surface area contributed by atoms with Crippen LogP contribution in [0.4, 0.5) is 0 Å². The first-order valence-electron chi connectivity index (χ1n) is 12.4. The van der Waals surface area contributed by atoms with Crippen LogP contribution in [-0.2, 0) is 4.74 Å². The zero-order valence-corrected chi connectivity index (χ0v) is 19.3. The quantitative estimate of drug-likeness (QED) is 0.508. The van der Waals surface area contributed by atoms with Crippen LogP contribution in [0.3, 0.4) is 0 Å². The van der Waals surface area contributed by atoms with Gasteiger partial charge in [-0.3, -0.25) is 0 Å². The van der Waals surface area contributed by atoms with E-state index in [1.807, 2.05) is 0 Å². The second-order valence-electron chi connectivity index (χ2n) is 11.8. The predicted molar refractivity (Wildman–Crippen MR) is 115 cm³/mol. The first-order chi connectivity index (χ1) is 14.1. The lowest BCUT2D eigenvalue weighted by atomic mass is 9.43. The summed E-state index contributed by atoms with van der Waals surface area (Å²) >= 11 is 0. The zero-order valence-electron chi connectivity index (χ0n) is 19.3. The minimum absolute atomic E-state index is 0.0381. The monoisotopic (exact) mass is 424 g/mol. The summed E-state index contributed by atoms with van der Waals surface area (Å²) in [4.78, 5) is 0. The molecule has 4 aliphatic carbocycles. The van der Waals surface area contributed by atoms with Crippen LogP contribution in [0.1, 0.15) is 78.6 Å². The third-order valence-electron chi connectivity index (χ3n) is 10.5. The summed E-state index contributed by atoms with van der Waals surface area (Å²) in [6.45, 7) is 7.03. The molecule has 4 rings (SSSR count). The summed E-state index contributed by atoms with van der Waals surface area (Å²) in [5, 5.41) is 42.7. The second-order valence-corrected chi connectivity index (χ2v) is 11.8. The predicted octanol–water partition coefficient (Wildman–Crippen LogP) is 3.33. The van der Waals surface area contributed by atoms with Gasteiger partial charge in [0.25, 0.3) is 0 Å². The zero-order chi connectivity index (χ0) is 21.8. The molecule has 4 fully saturated rings. The first kappa shape index (κ1) is 23.0. The fraction of sp³-hybridized carbons (Fsp3) is 1.00. The number of hydrogen-bond acceptors (Lipinski definition) is 5. The van der Waals surface area contributed by atoms with Crippen LogP contribution >= 0.6 is 0 Å². The van der Waals surface area contributed by atoms with Crippen molar-refractivity contribution in [3.63, 3.8) is 0 Å². The minimum atomic E-state index is -0.711. The summed E-state index contributed by atoms with van der Waals surface area (Å²) in [6, 6.07) is 0. The molecular formula is C25H44O5. The van der Waals surface area contributed by atoms with Gasteiger partial charge in [-0.15, -0.1) is 0 Å². The average Bonchev–Trinajstić information content (AvgIpc) is 2.98. The molecule has 0 heterocycles. The Hall–Kier alpha value is -0.200. The molecule has 12 atom stereocenters. The van der Waals surface area contributed by atoms with E-state index in [0.29, 0.717) is 30.1 Å². The Morgan fingerprint density at radius 3 is 2.33 bits per heavy atom. The number of aliphatic hydroxyl groups is 4. The van der Waals surface area contributed by atoms with Gasteiger partial charge < -0.3 is 25.2 Å². The van der Waals surface area contributed by atoms with E-state index in [0.717, 1.165) is 51.4 Å². The van der Waals surface area contributed by atoms with E-state index in [1.165, 1.54) is 7.11 Å². The molecule has 0 radical (unpaired) electrons. The lowest BCUT2D eigenvalue weighted by Crippen LogP contribution is -2.60. The van der Waals surface area contributed by atoms with Crippen LogP contribution in [-0.4, -0.2) is 52.1 Å². The molecule has 0 bridgehead atoms. The molecule has 0 aromatic rings. The summed E-state index contributed by atoms with van der Waals surface area (Å²) < 4.78 is 5.03. The lowest BCUT2D eigenvalue weighted by Gasteiger charge is -2.62. The molecule has 0 aromatic carbocycles. The maximum absolute atomic E-state index is 11.3. The fourth-order valence-electron chi connectivity index (χ4n) is 8.90. The third-order valence-corrected chi connectivity index (χ3v) is 10.5. The third kappa shape index (κ3) is 3.57. The molecule has 12 unspecified atom stereocenters. The van der Waals surface area contributed by atoms with Crippen molar-refractivity contribution < 1.29 is 25.2 Å². The van der Waals surface area contributed by atoms with E-state index in [9.17, 15) is 20.4 Å². The van der Waals surface area contributed by atoms with Gasteiger partial charge in [-0.2, -0.15) is 0 Å². The number of ether oxygens (including phenoxy) is 1. The van der Waals surface area contributed by atoms with Crippen molar-refractivity contribution in [2.45, 2.75) is 103 Å². The van der Waals surface area contributed by atoms with Crippen molar-refractivity contribution in [3.05, 3.63) is 0 Å². The maximum atomic E-state index is 11.3. The van der Waals surface area contributed by atoms with E-state index in [-0.39, 0.29) is 41.0 Å². The van der Waals surface area contributed by atoms with Crippen molar-refractivity contribution in [1.29, 1.82) is 0 Å². The molecule has 0 aromatic heterocycles. The number of aliphatic hydroxyl groups excluding tert-OH is 4. The molecule has 174 valence electrons. The standard InChI is InChI=1S/C25H44O5/c1-14(5-6-21(29)30-4)18-13-20(28)23-22-17(8-10-25(18,23)3)24(2)9-7-16(26)11-15(24)12-19(22)27/h14-23,26-29H,5-13H2,1-4H3. The van der Waals surface area contributed by atoms with Crippen LogP contribution in [0.5, 0.6) is 0 Å². The van der Waals surface area contributed by atoms with Crippen LogP contribution in [0.15, 0.2) is 0 Å². The van der Waals surface area contributed by atoms with Crippen molar-refractivity contribution in [2.24, 2.45) is 46.3 Å². The van der Waals surface area contributed by atoms with Crippen LogP contribution < -0.4 is 0 Å². The highest BCUT2D eigenvalue weighted by molar-refractivity contribution is 5.13. The summed E-state index contributed by atoms with van der Waals surface area (Å²) in [5.41, 5.74) is 0.215. The van der Waals surface area contributed by atoms with Crippen molar-refractivity contribution >= 4 is 0 Å². The van der Waals surface area contributed by atoms with Crippen molar-refractivity contribution in [1.82, 2.24) is 0 Å². The summed E-state index contributed by atoms with van der Waals surface area (Å²) in [7, 11) is 1.54. The molecule has 0 amide bonds. The molecule has 4 N–H and O–H groups in total.